The SMILES string of the molecule is CCNC(Cc1ccc(Cl)s1)c1cccnc1OC. The lowest BCUT2D eigenvalue weighted by Gasteiger charge is -2.19. The Hall–Kier alpha value is -1.10. The van der Waals surface area contributed by atoms with Crippen LogP contribution < -0.4 is 10.1 Å². The van der Waals surface area contributed by atoms with Crippen LogP contribution in [0.15, 0.2) is 30.5 Å². The van der Waals surface area contributed by atoms with Gasteiger partial charge in [0.05, 0.1) is 11.4 Å². The summed E-state index contributed by atoms with van der Waals surface area (Å²) in [5.41, 5.74) is 1.08. The summed E-state index contributed by atoms with van der Waals surface area (Å²) in [6, 6.07) is 8.17. The fourth-order valence-corrected chi connectivity index (χ4v) is 3.17. The summed E-state index contributed by atoms with van der Waals surface area (Å²) in [5, 5.41) is 3.47. The Morgan fingerprint density at radius 1 is 1.42 bits per heavy atom. The van der Waals surface area contributed by atoms with E-state index < -0.39 is 0 Å². The highest BCUT2D eigenvalue weighted by Crippen LogP contribution is 2.29. The van der Waals surface area contributed by atoms with Gasteiger partial charge in [0, 0.05) is 29.1 Å². The van der Waals surface area contributed by atoms with Crippen LogP contribution in [-0.2, 0) is 6.42 Å². The van der Waals surface area contributed by atoms with E-state index >= 15 is 0 Å². The van der Waals surface area contributed by atoms with Gasteiger partial charge in [-0.25, -0.2) is 4.98 Å². The van der Waals surface area contributed by atoms with Gasteiger partial charge in [-0.1, -0.05) is 24.6 Å². The van der Waals surface area contributed by atoms with Crippen LogP contribution in [0.5, 0.6) is 5.88 Å². The van der Waals surface area contributed by atoms with Crippen molar-refractivity contribution in [1.82, 2.24) is 10.3 Å². The number of rotatable bonds is 6. The Bertz CT molecular complexity index is 530. The molecule has 102 valence electrons. The molecule has 0 radical (unpaired) electrons. The highest BCUT2D eigenvalue weighted by molar-refractivity contribution is 7.16. The molecule has 2 rings (SSSR count). The molecule has 0 aliphatic heterocycles. The van der Waals surface area contributed by atoms with E-state index in [-0.39, 0.29) is 6.04 Å². The quantitative estimate of drug-likeness (QED) is 0.882. The summed E-state index contributed by atoms with van der Waals surface area (Å²) >= 11 is 7.60. The zero-order valence-electron chi connectivity index (χ0n) is 11.0. The topological polar surface area (TPSA) is 34.2 Å². The first-order valence-electron chi connectivity index (χ1n) is 6.21. The molecule has 3 nitrogen and oxygen atoms in total. The molecule has 0 bridgehead atoms. The van der Waals surface area contributed by atoms with Crippen molar-refractivity contribution < 1.29 is 4.74 Å². The van der Waals surface area contributed by atoms with Gasteiger partial charge in [-0.3, -0.25) is 0 Å². The van der Waals surface area contributed by atoms with E-state index in [1.807, 2.05) is 18.2 Å². The standard InChI is InChI=1S/C14H17ClN2OS/c1-3-16-12(9-10-6-7-13(15)19-10)11-5-4-8-17-14(11)18-2/h4-8,12,16H,3,9H2,1-2H3. The molecule has 2 heterocycles. The number of ether oxygens (including phenoxy) is 1. The third-order valence-corrected chi connectivity index (χ3v) is 4.11. The second-order valence-corrected chi connectivity index (χ2v) is 5.92. The molecule has 1 N–H and O–H groups in total. The molecule has 0 fully saturated rings. The van der Waals surface area contributed by atoms with E-state index in [1.165, 1.54) is 4.88 Å². The normalized spacial score (nSPS) is 12.4. The molecule has 0 spiro atoms. The van der Waals surface area contributed by atoms with Crippen LogP contribution in [0.3, 0.4) is 0 Å². The minimum atomic E-state index is 0.184. The van der Waals surface area contributed by atoms with Gasteiger partial charge in [0.15, 0.2) is 0 Å². The van der Waals surface area contributed by atoms with E-state index in [0.717, 1.165) is 22.9 Å². The van der Waals surface area contributed by atoms with Gasteiger partial charge < -0.3 is 10.1 Å². The number of hydrogen-bond acceptors (Lipinski definition) is 4. The van der Waals surface area contributed by atoms with Crippen LogP contribution in [0, 0.1) is 0 Å². The van der Waals surface area contributed by atoms with Crippen molar-refractivity contribution in [1.29, 1.82) is 0 Å². The number of nitrogens with zero attached hydrogens (tertiary/aromatic N) is 1. The lowest BCUT2D eigenvalue weighted by Crippen LogP contribution is -2.23. The Morgan fingerprint density at radius 2 is 2.26 bits per heavy atom. The summed E-state index contributed by atoms with van der Waals surface area (Å²) in [5.74, 6) is 0.677. The number of halogens is 1. The zero-order valence-corrected chi connectivity index (χ0v) is 12.6. The van der Waals surface area contributed by atoms with Crippen molar-refractivity contribution in [3.63, 3.8) is 0 Å². The molecule has 19 heavy (non-hydrogen) atoms. The Labute approximate surface area is 122 Å². The number of aromatic nitrogens is 1. The maximum absolute atomic E-state index is 5.99. The lowest BCUT2D eigenvalue weighted by atomic mass is 10.0. The van der Waals surface area contributed by atoms with Gasteiger partial charge >= 0.3 is 0 Å². The summed E-state index contributed by atoms with van der Waals surface area (Å²) in [7, 11) is 1.65. The van der Waals surface area contributed by atoms with Crippen molar-refractivity contribution >= 4 is 22.9 Å². The Morgan fingerprint density at radius 3 is 2.89 bits per heavy atom. The molecule has 0 amide bonds. The average Bonchev–Trinajstić information content (AvgIpc) is 2.84. The van der Waals surface area contributed by atoms with Gasteiger partial charge in [-0.05, 0) is 24.7 Å². The summed E-state index contributed by atoms with van der Waals surface area (Å²) < 4.78 is 6.16. The third kappa shape index (κ3) is 3.69. The molecule has 1 atom stereocenters. The summed E-state index contributed by atoms with van der Waals surface area (Å²) in [6.45, 7) is 2.99. The predicted octanol–water partition coefficient (Wildman–Crippen LogP) is 3.70. The van der Waals surface area contributed by atoms with Crippen LogP contribution in [0.1, 0.15) is 23.4 Å². The molecule has 0 saturated heterocycles. The fourth-order valence-electron chi connectivity index (χ4n) is 2.04. The summed E-state index contributed by atoms with van der Waals surface area (Å²) in [4.78, 5) is 5.51. The molecule has 0 aromatic carbocycles. The number of hydrogen-bond donors (Lipinski definition) is 1. The maximum atomic E-state index is 5.99. The molecular formula is C14H17ClN2OS. The number of thiophene rings is 1. The third-order valence-electron chi connectivity index (χ3n) is 2.85. The Balaban J connectivity index is 2.23. The van der Waals surface area contributed by atoms with E-state index in [1.54, 1.807) is 24.6 Å². The minimum absolute atomic E-state index is 0.184. The molecule has 1 unspecified atom stereocenters. The summed E-state index contributed by atoms with van der Waals surface area (Å²) in [6.07, 6.45) is 2.63. The van der Waals surface area contributed by atoms with Gasteiger partial charge in [-0.15, -0.1) is 11.3 Å². The van der Waals surface area contributed by atoms with Crippen LogP contribution in [0.25, 0.3) is 0 Å². The van der Waals surface area contributed by atoms with Gasteiger partial charge in [0.1, 0.15) is 0 Å². The van der Waals surface area contributed by atoms with Crippen LogP contribution in [-0.4, -0.2) is 18.6 Å². The molecule has 0 aliphatic rings. The van der Waals surface area contributed by atoms with Gasteiger partial charge in [0.25, 0.3) is 0 Å². The van der Waals surface area contributed by atoms with E-state index in [2.05, 4.69) is 23.3 Å². The lowest BCUT2D eigenvalue weighted by molar-refractivity contribution is 0.382. The molecule has 2 aromatic heterocycles. The first kappa shape index (κ1) is 14.3. The van der Waals surface area contributed by atoms with E-state index in [9.17, 15) is 0 Å². The minimum Gasteiger partial charge on any atom is -0.481 e. The highest BCUT2D eigenvalue weighted by Gasteiger charge is 2.17. The number of methoxy groups -OCH3 is 1. The highest BCUT2D eigenvalue weighted by atomic mass is 35.5. The van der Waals surface area contributed by atoms with Crippen LogP contribution in [0.4, 0.5) is 0 Å². The van der Waals surface area contributed by atoms with Crippen LogP contribution >= 0.6 is 22.9 Å². The smallest absolute Gasteiger partial charge is 0.217 e. The van der Waals surface area contributed by atoms with Crippen molar-refractivity contribution in [3.8, 4) is 5.88 Å². The van der Waals surface area contributed by atoms with Crippen molar-refractivity contribution in [3.05, 3.63) is 45.2 Å². The van der Waals surface area contributed by atoms with E-state index in [4.69, 9.17) is 16.3 Å². The average molecular weight is 297 g/mol. The predicted molar refractivity (Wildman–Crippen MR) is 80.2 cm³/mol. The maximum Gasteiger partial charge on any atom is 0.217 e. The molecule has 0 aliphatic carbocycles. The van der Waals surface area contributed by atoms with Crippen molar-refractivity contribution in [2.45, 2.75) is 19.4 Å². The van der Waals surface area contributed by atoms with E-state index in [0.29, 0.717) is 5.88 Å². The van der Waals surface area contributed by atoms with Gasteiger partial charge in [0.2, 0.25) is 5.88 Å². The first-order chi connectivity index (χ1) is 9.24. The van der Waals surface area contributed by atoms with Crippen molar-refractivity contribution in [2.75, 3.05) is 13.7 Å². The number of likely N-dealkylation sites (N-methyl/N-ethyl adjacent to an activating group) is 1. The molecular weight excluding hydrogens is 280 g/mol. The van der Waals surface area contributed by atoms with Crippen molar-refractivity contribution in [2.24, 2.45) is 0 Å². The van der Waals surface area contributed by atoms with Crippen LogP contribution in [0.2, 0.25) is 4.34 Å². The second-order valence-electron chi connectivity index (χ2n) is 4.12. The molecule has 0 saturated carbocycles. The number of pyridine rings is 1. The Kier molecular flexibility index (Phi) is 5.19. The zero-order chi connectivity index (χ0) is 13.7. The first-order valence-corrected chi connectivity index (χ1v) is 7.40. The molecule has 5 heteroatoms. The fraction of sp³-hybridized carbons (Fsp3) is 0.357. The number of nitrogens with one attached hydrogen (secondary N) is 1. The van der Waals surface area contributed by atoms with Gasteiger partial charge in [-0.2, -0.15) is 0 Å². The second kappa shape index (κ2) is 6.89. The monoisotopic (exact) mass is 296 g/mol. The largest absolute Gasteiger partial charge is 0.481 e. The molecule has 2 aromatic rings.